The van der Waals surface area contributed by atoms with Crippen molar-refractivity contribution in [2.75, 3.05) is 20.3 Å². The Kier molecular flexibility index (Phi) is 3.84. The van der Waals surface area contributed by atoms with Gasteiger partial charge >= 0.3 is 0 Å². The molecule has 2 aromatic heterocycles. The van der Waals surface area contributed by atoms with E-state index < -0.39 is 0 Å². The third-order valence-corrected chi connectivity index (χ3v) is 2.27. The number of hydrogen-bond donors (Lipinski definition) is 1. The number of imidazole rings is 1. The van der Waals surface area contributed by atoms with Crippen molar-refractivity contribution >= 4 is 0 Å². The monoisotopic (exact) mass is 237 g/mol. The Balaban J connectivity index is 1.95. The summed E-state index contributed by atoms with van der Waals surface area (Å²) in [5.41, 5.74) is 0.830. The number of nitrogens with zero attached hydrogens (tertiary/aromatic N) is 4. The van der Waals surface area contributed by atoms with Gasteiger partial charge in [0.2, 0.25) is 11.7 Å². The molecule has 0 amide bonds. The first-order valence-corrected chi connectivity index (χ1v) is 5.30. The molecule has 0 spiro atoms. The molecule has 0 unspecified atom stereocenters. The van der Waals surface area contributed by atoms with Gasteiger partial charge in [0.15, 0.2) is 0 Å². The third kappa shape index (κ3) is 2.89. The second-order valence-electron chi connectivity index (χ2n) is 3.57. The molecule has 2 rings (SSSR count). The van der Waals surface area contributed by atoms with Crippen molar-refractivity contribution in [1.29, 1.82) is 0 Å². The van der Waals surface area contributed by atoms with Crippen molar-refractivity contribution in [2.45, 2.75) is 6.54 Å². The molecular weight excluding hydrogens is 222 g/mol. The van der Waals surface area contributed by atoms with Gasteiger partial charge in [0.25, 0.3) is 0 Å². The minimum Gasteiger partial charge on any atom is -0.383 e. The highest BCUT2D eigenvalue weighted by Crippen LogP contribution is 2.13. The highest BCUT2D eigenvalue weighted by atomic mass is 16.5. The van der Waals surface area contributed by atoms with E-state index in [9.17, 15) is 0 Å². The van der Waals surface area contributed by atoms with Crippen LogP contribution in [0.15, 0.2) is 17.0 Å². The molecule has 0 saturated carbocycles. The summed E-state index contributed by atoms with van der Waals surface area (Å²) < 4.78 is 11.9. The molecule has 0 radical (unpaired) electrons. The maximum atomic E-state index is 5.12. The van der Waals surface area contributed by atoms with Crippen LogP contribution in [-0.4, -0.2) is 40.0 Å². The van der Waals surface area contributed by atoms with Crippen LogP contribution in [0.4, 0.5) is 0 Å². The standard InChI is InChI=1S/C10H15N5O2/c1-15-7-12-5-8(15)10-13-9(17-14-10)6-11-3-4-16-2/h5,7,11H,3-4,6H2,1-2H3. The topological polar surface area (TPSA) is 78.0 Å². The molecule has 0 bridgehead atoms. The summed E-state index contributed by atoms with van der Waals surface area (Å²) in [4.78, 5) is 8.27. The molecule has 0 atom stereocenters. The molecule has 1 N–H and O–H groups in total. The molecule has 17 heavy (non-hydrogen) atoms. The first-order chi connectivity index (χ1) is 8.31. The SMILES string of the molecule is COCCNCc1nc(-c2cncn2C)no1. The quantitative estimate of drug-likeness (QED) is 0.723. The van der Waals surface area contributed by atoms with E-state index in [1.807, 2.05) is 11.6 Å². The van der Waals surface area contributed by atoms with Gasteiger partial charge in [-0.05, 0) is 0 Å². The maximum Gasteiger partial charge on any atom is 0.240 e. The second-order valence-corrected chi connectivity index (χ2v) is 3.57. The van der Waals surface area contributed by atoms with E-state index in [4.69, 9.17) is 9.26 Å². The summed E-state index contributed by atoms with van der Waals surface area (Å²) in [5.74, 6) is 1.10. The van der Waals surface area contributed by atoms with E-state index in [0.717, 1.165) is 12.2 Å². The lowest BCUT2D eigenvalue weighted by Gasteiger charge is -1.98. The molecule has 92 valence electrons. The number of rotatable bonds is 6. The highest BCUT2D eigenvalue weighted by molar-refractivity contribution is 5.46. The maximum absolute atomic E-state index is 5.12. The van der Waals surface area contributed by atoms with Crippen molar-refractivity contribution in [3.05, 3.63) is 18.4 Å². The third-order valence-electron chi connectivity index (χ3n) is 2.27. The summed E-state index contributed by atoms with van der Waals surface area (Å²) >= 11 is 0. The molecule has 2 aromatic rings. The lowest BCUT2D eigenvalue weighted by Crippen LogP contribution is -2.18. The molecular formula is C10H15N5O2. The molecule has 0 saturated heterocycles. The number of methoxy groups -OCH3 is 1. The molecule has 7 heteroatoms. The van der Waals surface area contributed by atoms with E-state index in [-0.39, 0.29) is 0 Å². The van der Waals surface area contributed by atoms with Crippen molar-refractivity contribution in [3.63, 3.8) is 0 Å². The fourth-order valence-electron chi connectivity index (χ4n) is 1.37. The summed E-state index contributed by atoms with van der Waals surface area (Å²) in [5, 5.41) is 7.03. The van der Waals surface area contributed by atoms with Crippen LogP contribution in [0.25, 0.3) is 11.5 Å². The molecule has 0 aliphatic heterocycles. The Morgan fingerprint density at radius 2 is 2.41 bits per heavy atom. The van der Waals surface area contributed by atoms with E-state index >= 15 is 0 Å². The van der Waals surface area contributed by atoms with Gasteiger partial charge in [0.05, 0.1) is 25.7 Å². The highest BCUT2D eigenvalue weighted by Gasteiger charge is 2.10. The Bertz CT molecular complexity index is 465. The van der Waals surface area contributed by atoms with Crippen molar-refractivity contribution in [1.82, 2.24) is 25.0 Å². The lowest BCUT2D eigenvalue weighted by atomic mass is 10.4. The number of aromatic nitrogens is 4. The van der Waals surface area contributed by atoms with Crippen LogP contribution in [0.3, 0.4) is 0 Å². The van der Waals surface area contributed by atoms with Crippen molar-refractivity contribution in [3.8, 4) is 11.5 Å². The summed E-state index contributed by atoms with van der Waals surface area (Å²) in [6, 6.07) is 0. The van der Waals surface area contributed by atoms with Gasteiger partial charge in [0, 0.05) is 20.7 Å². The van der Waals surface area contributed by atoms with E-state index in [1.54, 1.807) is 19.6 Å². The molecule has 0 fully saturated rings. The van der Waals surface area contributed by atoms with Crippen LogP contribution in [0.1, 0.15) is 5.89 Å². The van der Waals surface area contributed by atoms with Crippen molar-refractivity contribution in [2.24, 2.45) is 7.05 Å². The van der Waals surface area contributed by atoms with Gasteiger partial charge in [0.1, 0.15) is 5.69 Å². The van der Waals surface area contributed by atoms with Crippen LogP contribution in [-0.2, 0) is 18.3 Å². The van der Waals surface area contributed by atoms with Gasteiger partial charge in [-0.2, -0.15) is 4.98 Å². The first-order valence-electron chi connectivity index (χ1n) is 5.30. The van der Waals surface area contributed by atoms with Gasteiger partial charge < -0.3 is 19.1 Å². The Labute approximate surface area is 98.8 Å². The van der Waals surface area contributed by atoms with Gasteiger partial charge in [-0.25, -0.2) is 4.98 Å². The van der Waals surface area contributed by atoms with E-state index in [0.29, 0.717) is 24.9 Å². The second kappa shape index (κ2) is 5.55. The van der Waals surface area contributed by atoms with Crippen LogP contribution in [0, 0.1) is 0 Å². The normalized spacial score (nSPS) is 10.9. The summed E-state index contributed by atoms with van der Waals surface area (Å²) in [6.45, 7) is 1.94. The smallest absolute Gasteiger partial charge is 0.240 e. The van der Waals surface area contributed by atoms with Gasteiger partial charge in [-0.3, -0.25) is 0 Å². The fourth-order valence-corrected chi connectivity index (χ4v) is 1.37. The zero-order valence-electron chi connectivity index (χ0n) is 9.88. The largest absolute Gasteiger partial charge is 0.383 e. The van der Waals surface area contributed by atoms with Gasteiger partial charge in [-0.15, -0.1) is 0 Å². The Morgan fingerprint density at radius 3 is 3.12 bits per heavy atom. The van der Waals surface area contributed by atoms with Crippen LogP contribution in [0.2, 0.25) is 0 Å². The molecule has 0 aliphatic rings. The summed E-state index contributed by atoms with van der Waals surface area (Å²) in [7, 11) is 3.55. The van der Waals surface area contributed by atoms with E-state index in [2.05, 4.69) is 20.4 Å². The van der Waals surface area contributed by atoms with Gasteiger partial charge in [-0.1, -0.05) is 5.16 Å². The minimum atomic E-state index is 0.536. The fraction of sp³-hybridized carbons (Fsp3) is 0.500. The Hall–Kier alpha value is -1.73. The number of hydrogen-bond acceptors (Lipinski definition) is 6. The number of aryl methyl sites for hydroxylation is 1. The average Bonchev–Trinajstić information content (AvgIpc) is 2.93. The molecule has 0 aliphatic carbocycles. The van der Waals surface area contributed by atoms with Crippen LogP contribution in [0.5, 0.6) is 0 Å². The molecule has 7 nitrogen and oxygen atoms in total. The van der Waals surface area contributed by atoms with Crippen LogP contribution < -0.4 is 5.32 Å². The number of ether oxygens (including phenoxy) is 1. The van der Waals surface area contributed by atoms with E-state index in [1.165, 1.54) is 0 Å². The number of nitrogens with one attached hydrogen (secondary N) is 1. The minimum absolute atomic E-state index is 0.536. The molecule has 0 aromatic carbocycles. The Morgan fingerprint density at radius 1 is 1.53 bits per heavy atom. The lowest BCUT2D eigenvalue weighted by molar-refractivity contribution is 0.197. The zero-order valence-corrected chi connectivity index (χ0v) is 9.88. The van der Waals surface area contributed by atoms with Crippen LogP contribution >= 0.6 is 0 Å². The van der Waals surface area contributed by atoms with Crippen molar-refractivity contribution < 1.29 is 9.26 Å². The first kappa shape index (κ1) is 11.7. The predicted molar refractivity (Wildman–Crippen MR) is 60.1 cm³/mol. The summed E-state index contributed by atoms with van der Waals surface area (Å²) in [6.07, 6.45) is 3.40. The zero-order chi connectivity index (χ0) is 12.1. The average molecular weight is 237 g/mol. The molecule has 2 heterocycles. The predicted octanol–water partition coefficient (Wildman–Crippen LogP) is 0.206.